The van der Waals surface area contributed by atoms with Gasteiger partial charge in [0.25, 0.3) is 11.6 Å². The number of carboxylic acid groups (broad SMARTS) is 1. The number of carbonyl (C=O) groups is 2. The van der Waals surface area contributed by atoms with Crippen molar-refractivity contribution in [1.29, 1.82) is 0 Å². The van der Waals surface area contributed by atoms with Crippen LogP contribution in [0.1, 0.15) is 37.6 Å². The Morgan fingerprint density at radius 1 is 1.38 bits per heavy atom. The quantitative estimate of drug-likeness (QED) is 0.531. The maximum atomic E-state index is 11.7. The summed E-state index contributed by atoms with van der Waals surface area (Å²) < 4.78 is 0. The van der Waals surface area contributed by atoms with E-state index in [2.05, 4.69) is 10.6 Å². The summed E-state index contributed by atoms with van der Waals surface area (Å²) in [5, 5.41) is 25.7. The molecular weight excluding hydrogens is 338 g/mol. The number of rotatable bonds is 6. The van der Waals surface area contributed by atoms with Crippen molar-refractivity contribution in [3.05, 3.63) is 32.8 Å². The minimum atomic E-state index is -1.03. The molecule has 8 nitrogen and oxygen atoms in total. The lowest BCUT2D eigenvalue weighted by atomic mass is 9.84. The average molecular weight is 358 g/mol. The van der Waals surface area contributed by atoms with Gasteiger partial charge in [0.1, 0.15) is 5.69 Å². The first-order valence-electron chi connectivity index (χ1n) is 7.15. The number of carbonyl (C=O) groups excluding carboxylic acids is 1. The van der Waals surface area contributed by atoms with Crippen molar-refractivity contribution in [3.63, 3.8) is 0 Å². The third kappa shape index (κ3) is 4.82. The fourth-order valence-electron chi connectivity index (χ4n) is 2.07. The van der Waals surface area contributed by atoms with Crippen LogP contribution in [0.15, 0.2) is 12.1 Å². The summed E-state index contributed by atoms with van der Waals surface area (Å²) in [4.78, 5) is 33.5. The van der Waals surface area contributed by atoms with Crippen LogP contribution in [0, 0.1) is 15.5 Å². The summed E-state index contributed by atoms with van der Waals surface area (Å²) in [6.45, 7) is 5.46. The highest BCUT2D eigenvalue weighted by Crippen LogP contribution is 2.34. The minimum absolute atomic E-state index is 0.0260. The standard InChI is InChI=1S/C15H20ClN3O5/c1-15(2,3)12(7-13(20)21)18-10-6-9(16)8(14(22)17-4)5-11(10)19(23)24/h5-6,12,18H,7H2,1-4H3,(H,17,22)(H,20,21). The number of anilines is 1. The first-order chi connectivity index (χ1) is 11.0. The Balaban J connectivity index is 3.36. The zero-order valence-electron chi connectivity index (χ0n) is 13.8. The normalized spacial score (nSPS) is 12.4. The molecule has 132 valence electrons. The molecule has 0 bridgehead atoms. The zero-order chi connectivity index (χ0) is 18.7. The molecule has 9 heteroatoms. The number of halogens is 1. The van der Waals surface area contributed by atoms with Gasteiger partial charge >= 0.3 is 5.97 Å². The lowest BCUT2D eigenvalue weighted by Crippen LogP contribution is -2.36. The molecule has 0 saturated heterocycles. The smallest absolute Gasteiger partial charge is 0.305 e. The monoisotopic (exact) mass is 357 g/mol. The second kappa shape index (κ2) is 7.48. The molecule has 0 saturated carbocycles. The van der Waals surface area contributed by atoms with Crippen LogP contribution in [0.4, 0.5) is 11.4 Å². The average Bonchev–Trinajstić information content (AvgIpc) is 2.44. The van der Waals surface area contributed by atoms with E-state index in [-0.39, 0.29) is 28.4 Å². The maximum absolute atomic E-state index is 11.7. The van der Waals surface area contributed by atoms with Crippen LogP contribution < -0.4 is 10.6 Å². The van der Waals surface area contributed by atoms with Crippen molar-refractivity contribution < 1.29 is 19.6 Å². The molecule has 3 N–H and O–H groups in total. The molecule has 0 spiro atoms. The predicted molar refractivity (Wildman–Crippen MR) is 90.6 cm³/mol. The Morgan fingerprint density at radius 2 is 1.96 bits per heavy atom. The van der Waals surface area contributed by atoms with Gasteiger partial charge < -0.3 is 15.7 Å². The second-order valence-electron chi connectivity index (χ2n) is 6.35. The summed E-state index contributed by atoms with van der Waals surface area (Å²) in [5.74, 6) is -1.58. The Bertz CT molecular complexity index is 670. The molecule has 0 radical (unpaired) electrons. The zero-order valence-corrected chi connectivity index (χ0v) is 14.6. The number of hydrogen-bond donors (Lipinski definition) is 3. The van der Waals surface area contributed by atoms with Crippen molar-refractivity contribution in [2.75, 3.05) is 12.4 Å². The summed E-state index contributed by atoms with van der Waals surface area (Å²) in [5.41, 5.74) is -0.781. The summed E-state index contributed by atoms with van der Waals surface area (Å²) in [7, 11) is 1.39. The number of nitro benzene ring substituents is 1. The van der Waals surface area contributed by atoms with Crippen LogP contribution >= 0.6 is 11.6 Å². The van der Waals surface area contributed by atoms with Gasteiger partial charge in [-0.1, -0.05) is 32.4 Å². The molecule has 0 aliphatic rings. The summed E-state index contributed by atoms with van der Waals surface area (Å²) in [6, 6.07) is 1.77. The molecule has 1 atom stereocenters. The van der Waals surface area contributed by atoms with E-state index in [9.17, 15) is 19.7 Å². The van der Waals surface area contributed by atoms with Crippen LogP contribution in [0.5, 0.6) is 0 Å². The maximum Gasteiger partial charge on any atom is 0.305 e. The minimum Gasteiger partial charge on any atom is -0.481 e. The molecule has 0 aliphatic heterocycles. The Hall–Kier alpha value is -2.35. The Morgan fingerprint density at radius 3 is 2.38 bits per heavy atom. The van der Waals surface area contributed by atoms with Gasteiger partial charge in [-0.15, -0.1) is 0 Å². The highest BCUT2D eigenvalue weighted by atomic mass is 35.5. The highest BCUT2D eigenvalue weighted by molar-refractivity contribution is 6.34. The van der Waals surface area contributed by atoms with Crippen molar-refractivity contribution >= 4 is 34.9 Å². The van der Waals surface area contributed by atoms with Crippen LogP contribution in [0.25, 0.3) is 0 Å². The largest absolute Gasteiger partial charge is 0.481 e. The van der Waals surface area contributed by atoms with E-state index in [4.69, 9.17) is 16.7 Å². The third-order valence-electron chi connectivity index (χ3n) is 3.51. The Labute approximate surface area is 144 Å². The first kappa shape index (κ1) is 19.7. The molecule has 1 unspecified atom stereocenters. The molecule has 1 amide bonds. The number of nitro groups is 1. The fourth-order valence-corrected chi connectivity index (χ4v) is 2.32. The van der Waals surface area contributed by atoms with Crippen LogP contribution in [0.3, 0.4) is 0 Å². The van der Waals surface area contributed by atoms with Gasteiger partial charge in [0, 0.05) is 19.2 Å². The van der Waals surface area contributed by atoms with E-state index in [0.717, 1.165) is 6.07 Å². The highest BCUT2D eigenvalue weighted by Gasteiger charge is 2.30. The number of carboxylic acids is 1. The molecule has 24 heavy (non-hydrogen) atoms. The van der Waals surface area contributed by atoms with Crippen molar-refractivity contribution in [2.24, 2.45) is 5.41 Å². The molecule has 1 aromatic rings. The van der Waals surface area contributed by atoms with Crippen molar-refractivity contribution in [2.45, 2.75) is 33.2 Å². The van der Waals surface area contributed by atoms with Gasteiger partial charge in [0.05, 0.1) is 21.9 Å². The Kier molecular flexibility index (Phi) is 6.14. The van der Waals surface area contributed by atoms with E-state index in [1.54, 1.807) is 0 Å². The lowest BCUT2D eigenvalue weighted by Gasteiger charge is -2.31. The number of hydrogen-bond acceptors (Lipinski definition) is 5. The van der Waals surface area contributed by atoms with Crippen LogP contribution in [0.2, 0.25) is 5.02 Å². The van der Waals surface area contributed by atoms with E-state index in [1.807, 2.05) is 20.8 Å². The molecule has 0 aromatic heterocycles. The number of aliphatic carboxylic acids is 1. The van der Waals surface area contributed by atoms with E-state index in [0.29, 0.717) is 0 Å². The summed E-state index contributed by atoms with van der Waals surface area (Å²) in [6.07, 6.45) is -0.227. The topological polar surface area (TPSA) is 122 Å². The number of nitrogens with one attached hydrogen (secondary N) is 2. The molecule has 0 fully saturated rings. The van der Waals surface area contributed by atoms with Crippen molar-refractivity contribution in [1.82, 2.24) is 5.32 Å². The molecule has 1 aromatic carbocycles. The lowest BCUT2D eigenvalue weighted by molar-refractivity contribution is -0.384. The number of nitrogens with zero attached hydrogens (tertiary/aromatic N) is 1. The first-order valence-corrected chi connectivity index (χ1v) is 7.53. The van der Waals surface area contributed by atoms with Gasteiger partial charge in [0.15, 0.2) is 0 Å². The van der Waals surface area contributed by atoms with Gasteiger partial charge in [-0.2, -0.15) is 0 Å². The van der Waals surface area contributed by atoms with Gasteiger partial charge in [-0.05, 0) is 11.5 Å². The van der Waals surface area contributed by atoms with Crippen LogP contribution in [-0.4, -0.2) is 35.0 Å². The number of amides is 1. The fraction of sp³-hybridized carbons (Fsp3) is 0.467. The molecular formula is C15H20ClN3O5. The van der Waals surface area contributed by atoms with E-state index < -0.39 is 28.3 Å². The SMILES string of the molecule is CNC(=O)c1cc([N+](=O)[O-])c(NC(CC(=O)O)C(C)(C)C)cc1Cl. The van der Waals surface area contributed by atoms with Gasteiger partial charge in [0.2, 0.25) is 0 Å². The second-order valence-corrected chi connectivity index (χ2v) is 6.75. The number of benzene rings is 1. The van der Waals surface area contributed by atoms with E-state index >= 15 is 0 Å². The molecule has 1 rings (SSSR count). The summed E-state index contributed by atoms with van der Waals surface area (Å²) >= 11 is 6.04. The van der Waals surface area contributed by atoms with E-state index in [1.165, 1.54) is 13.1 Å². The van der Waals surface area contributed by atoms with Crippen molar-refractivity contribution in [3.8, 4) is 0 Å². The van der Waals surface area contributed by atoms with Gasteiger partial charge in [-0.3, -0.25) is 19.7 Å². The molecule has 0 heterocycles. The third-order valence-corrected chi connectivity index (χ3v) is 3.82. The molecule has 0 aliphatic carbocycles. The van der Waals surface area contributed by atoms with Crippen LogP contribution in [-0.2, 0) is 4.79 Å². The van der Waals surface area contributed by atoms with Gasteiger partial charge in [-0.25, -0.2) is 0 Å². The predicted octanol–water partition coefficient (Wildman–Crippen LogP) is 2.91.